The SMILES string of the molecule is O=C(N[C@@H]1CC[C@H](CC(=O)N2CCSCC2C(=O)O)C1)OCC1c2ccccc2-c2ccccc21. The summed E-state index contributed by atoms with van der Waals surface area (Å²) in [5.41, 5.74) is 4.74. The number of carboxylic acid groups (broad SMARTS) is 1. The number of benzene rings is 2. The summed E-state index contributed by atoms with van der Waals surface area (Å²) in [7, 11) is 0. The highest BCUT2D eigenvalue weighted by Gasteiger charge is 2.35. The number of carbonyl (C=O) groups is 3. The molecular weight excluding hydrogens is 464 g/mol. The van der Waals surface area contributed by atoms with Crippen LogP contribution in [0.1, 0.15) is 42.7 Å². The number of carbonyl (C=O) groups excluding carboxylic acids is 2. The fourth-order valence-corrected chi connectivity index (χ4v) is 6.71. The predicted octanol–water partition coefficient (Wildman–Crippen LogP) is 4.11. The molecule has 1 saturated heterocycles. The van der Waals surface area contributed by atoms with E-state index in [2.05, 4.69) is 29.6 Å². The van der Waals surface area contributed by atoms with Crippen molar-refractivity contribution in [3.8, 4) is 11.1 Å². The van der Waals surface area contributed by atoms with E-state index in [4.69, 9.17) is 4.74 Å². The number of fused-ring (bicyclic) bond motifs is 3. The predicted molar refractivity (Wildman–Crippen MR) is 134 cm³/mol. The van der Waals surface area contributed by atoms with E-state index in [9.17, 15) is 19.5 Å². The number of thioether (sulfide) groups is 1. The van der Waals surface area contributed by atoms with Crippen molar-refractivity contribution >= 4 is 29.7 Å². The highest BCUT2D eigenvalue weighted by Crippen LogP contribution is 2.44. The van der Waals surface area contributed by atoms with Gasteiger partial charge in [0.25, 0.3) is 0 Å². The third kappa shape index (κ3) is 5.03. The van der Waals surface area contributed by atoms with Gasteiger partial charge in [0.15, 0.2) is 0 Å². The summed E-state index contributed by atoms with van der Waals surface area (Å²) in [4.78, 5) is 38.4. The second-order valence-electron chi connectivity index (χ2n) is 9.57. The molecule has 2 N–H and O–H groups in total. The van der Waals surface area contributed by atoms with Crippen molar-refractivity contribution in [1.29, 1.82) is 0 Å². The number of nitrogens with zero attached hydrogens (tertiary/aromatic N) is 1. The Kier molecular flexibility index (Phi) is 7.00. The van der Waals surface area contributed by atoms with E-state index in [0.29, 0.717) is 25.1 Å². The number of nitrogens with one attached hydrogen (secondary N) is 1. The minimum Gasteiger partial charge on any atom is -0.480 e. The lowest BCUT2D eigenvalue weighted by Gasteiger charge is -2.33. The van der Waals surface area contributed by atoms with Gasteiger partial charge >= 0.3 is 12.1 Å². The van der Waals surface area contributed by atoms with E-state index in [1.165, 1.54) is 27.2 Å². The number of carboxylic acids is 1. The van der Waals surface area contributed by atoms with Gasteiger partial charge in [-0.25, -0.2) is 9.59 Å². The summed E-state index contributed by atoms with van der Waals surface area (Å²) < 4.78 is 5.66. The quantitative estimate of drug-likeness (QED) is 0.628. The summed E-state index contributed by atoms with van der Waals surface area (Å²) in [6.07, 6.45) is 2.23. The summed E-state index contributed by atoms with van der Waals surface area (Å²) >= 11 is 1.57. The van der Waals surface area contributed by atoms with Gasteiger partial charge in [-0.05, 0) is 47.4 Å². The van der Waals surface area contributed by atoms with Crippen LogP contribution in [0.15, 0.2) is 48.5 Å². The Labute approximate surface area is 209 Å². The molecule has 2 aromatic carbocycles. The molecule has 1 unspecified atom stereocenters. The van der Waals surface area contributed by atoms with E-state index < -0.39 is 18.1 Å². The van der Waals surface area contributed by atoms with Gasteiger partial charge in [0.1, 0.15) is 12.6 Å². The second kappa shape index (κ2) is 10.3. The highest BCUT2D eigenvalue weighted by molar-refractivity contribution is 7.99. The van der Waals surface area contributed by atoms with Crippen LogP contribution in [0, 0.1) is 5.92 Å². The van der Waals surface area contributed by atoms with Crippen LogP contribution in [-0.2, 0) is 14.3 Å². The molecule has 5 rings (SSSR count). The van der Waals surface area contributed by atoms with Gasteiger partial charge in [0.2, 0.25) is 5.91 Å². The molecule has 3 atom stereocenters. The maximum Gasteiger partial charge on any atom is 0.407 e. The molecule has 0 spiro atoms. The zero-order chi connectivity index (χ0) is 24.4. The molecule has 1 saturated carbocycles. The fourth-order valence-electron chi connectivity index (χ4n) is 5.67. The molecule has 1 aliphatic heterocycles. The summed E-state index contributed by atoms with van der Waals surface area (Å²) in [5.74, 6) is 0.345. The monoisotopic (exact) mass is 494 g/mol. The topological polar surface area (TPSA) is 95.9 Å². The van der Waals surface area contributed by atoms with Crippen LogP contribution < -0.4 is 5.32 Å². The maximum absolute atomic E-state index is 12.8. The molecule has 2 aromatic rings. The first-order chi connectivity index (χ1) is 17.0. The molecule has 2 aliphatic carbocycles. The zero-order valence-electron chi connectivity index (χ0n) is 19.5. The van der Waals surface area contributed by atoms with E-state index >= 15 is 0 Å². The van der Waals surface area contributed by atoms with Gasteiger partial charge in [-0.2, -0.15) is 11.8 Å². The zero-order valence-corrected chi connectivity index (χ0v) is 20.3. The molecule has 184 valence electrons. The number of ether oxygens (including phenoxy) is 1. The van der Waals surface area contributed by atoms with Gasteiger partial charge in [-0.1, -0.05) is 48.5 Å². The summed E-state index contributed by atoms with van der Waals surface area (Å²) in [5, 5.41) is 12.4. The van der Waals surface area contributed by atoms with Crippen molar-refractivity contribution in [3.05, 3.63) is 59.7 Å². The van der Waals surface area contributed by atoms with Gasteiger partial charge in [-0.3, -0.25) is 4.79 Å². The van der Waals surface area contributed by atoms with E-state index in [-0.39, 0.29) is 30.4 Å². The lowest BCUT2D eigenvalue weighted by atomic mass is 9.98. The van der Waals surface area contributed by atoms with Crippen LogP contribution in [0.3, 0.4) is 0 Å². The third-order valence-corrected chi connectivity index (χ3v) is 8.43. The smallest absolute Gasteiger partial charge is 0.407 e. The van der Waals surface area contributed by atoms with Gasteiger partial charge in [0.05, 0.1) is 0 Å². The normalized spacial score (nSPS) is 23.4. The lowest BCUT2D eigenvalue weighted by molar-refractivity contribution is -0.149. The molecule has 7 nitrogen and oxygen atoms in total. The van der Waals surface area contributed by atoms with Crippen LogP contribution in [-0.4, -0.2) is 64.7 Å². The van der Waals surface area contributed by atoms with Gasteiger partial charge in [-0.15, -0.1) is 0 Å². The maximum atomic E-state index is 12.8. The van der Waals surface area contributed by atoms with Gasteiger partial charge in [0, 0.05) is 36.4 Å². The Hall–Kier alpha value is -3.00. The number of aliphatic carboxylic acids is 1. The number of alkyl carbamates (subject to hydrolysis) is 1. The largest absolute Gasteiger partial charge is 0.480 e. The van der Waals surface area contributed by atoms with E-state index in [1.54, 1.807) is 11.8 Å². The molecule has 0 aromatic heterocycles. The van der Waals surface area contributed by atoms with Crippen LogP contribution in [0.4, 0.5) is 4.79 Å². The Morgan fingerprint density at radius 2 is 1.71 bits per heavy atom. The molecule has 2 fully saturated rings. The van der Waals surface area contributed by atoms with Crippen molar-refractivity contribution in [2.75, 3.05) is 24.7 Å². The summed E-state index contributed by atoms with van der Waals surface area (Å²) in [6.45, 7) is 0.757. The minimum absolute atomic E-state index is 0.0204. The Balaban J connectivity index is 1.12. The molecule has 8 heteroatoms. The van der Waals surface area contributed by atoms with Crippen LogP contribution in [0.25, 0.3) is 11.1 Å². The lowest BCUT2D eigenvalue weighted by Crippen LogP contribution is -2.50. The third-order valence-electron chi connectivity index (χ3n) is 7.40. The number of rotatable bonds is 6. The minimum atomic E-state index is -0.938. The molecule has 0 bridgehead atoms. The highest BCUT2D eigenvalue weighted by atomic mass is 32.2. The Morgan fingerprint density at radius 3 is 2.40 bits per heavy atom. The van der Waals surface area contributed by atoms with Crippen molar-refractivity contribution in [2.45, 2.75) is 43.7 Å². The standard InChI is InChI=1S/C27H30N2O5S/c30-25(29-11-12-35-16-24(29)26(31)32)14-17-9-10-18(13-17)28-27(33)34-15-23-21-7-3-1-5-19(21)20-6-2-4-8-22(20)23/h1-8,17-18,23-24H,9-16H2,(H,28,33)(H,31,32)/t17-,18+,24?/m0/s1. The first kappa shape index (κ1) is 23.7. The summed E-state index contributed by atoms with van der Waals surface area (Å²) in [6, 6.07) is 15.7. The number of hydrogen-bond donors (Lipinski definition) is 2. The second-order valence-corrected chi connectivity index (χ2v) is 10.7. The molecule has 35 heavy (non-hydrogen) atoms. The average Bonchev–Trinajstić information content (AvgIpc) is 3.44. The van der Waals surface area contributed by atoms with Gasteiger partial charge < -0.3 is 20.1 Å². The van der Waals surface area contributed by atoms with Crippen LogP contribution >= 0.6 is 11.8 Å². The first-order valence-electron chi connectivity index (χ1n) is 12.2. The van der Waals surface area contributed by atoms with E-state index in [0.717, 1.165) is 18.6 Å². The van der Waals surface area contributed by atoms with Crippen LogP contribution in [0.5, 0.6) is 0 Å². The number of hydrogen-bond acceptors (Lipinski definition) is 5. The van der Waals surface area contributed by atoms with Crippen molar-refractivity contribution in [3.63, 3.8) is 0 Å². The molecule has 0 radical (unpaired) electrons. The van der Waals surface area contributed by atoms with Crippen molar-refractivity contribution in [2.24, 2.45) is 5.92 Å². The van der Waals surface area contributed by atoms with E-state index in [1.807, 2.05) is 24.3 Å². The van der Waals surface area contributed by atoms with Crippen molar-refractivity contribution in [1.82, 2.24) is 10.2 Å². The first-order valence-corrected chi connectivity index (χ1v) is 13.4. The number of amides is 2. The Bertz CT molecular complexity index is 1080. The molecular formula is C27H30N2O5S. The molecule has 2 amide bonds. The van der Waals surface area contributed by atoms with Crippen LogP contribution in [0.2, 0.25) is 0 Å². The average molecular weight is 495 g/mol. The molecule has 1 heterocycles. The molecule has 3 aliphatic rings. The Morgan fingerprint density at radius 1 is 1.03 bits per heavy atom. The fraction of sp³-hybridized carbons (Fsp3) is 0.444. The van der Waals surface area contributed by atoms with Crippen molar-refractivity contribution < 1.29 is 24.2 Å².